The number of aliphatic imine (C=N–C) groups is 1. The maximum absolute atomic E-state index is 4.35. The van der Waals surface area contributed by atoms with Gasteiger partial charge in [0.25, 0.3) is 0 Å². The molecule has 0 fully saturated rings. The normalized spacial score (nSPS) is 16.5. The summed E-state index contributed by atoms with van der Waals surface area (Å²) in [5.41, 5.74) is 3.50. The molecule has 0 amide bonds. The van der Waals surface area contributed by atoms with E-state index in [0.717, 1.165) is 18.0 Å². The van der Waals surface area contributed by atoms with E-state index in [1.165, 1.54) is 5.57 Å². The van der Waals surface area contributed by atoms with Gasteiger partial charge in [0.15, 0.2) is 0 Å². The first-order valence-electron chi connectivity index (χ1n) is 3.73. The number of nitrogens with zero attached hydrogens (tertiary/aromatic N) is 1. The van der Waals surface area contributed by atoms with Crippen molar-refractivity contribution in [3.63, 3.8) is 0 Å². The molecule has 11 heavy (non-hydrogen) atoms. The van der Waals surface area contributed by atoms with E-state index in [9.17, 15) is 0 Å². The van der Waals surface area contributed by atoms with Gasteiger partial charge in [0, 0.05) is 6.20 Å². The molecule has 0 aliphatic carbocycles. The molecule has 1 aromatic rings. The van der Waals surface area contributed by atoms with Crippen molar-refractivity contribution in [2.45, 2.75) is 6.92 Å². The lowest BCUT2D eigenvalue weighted by molar-refractivity contribution is 1.27. The van der Waals surface area contributed by atoms with Gasteiger partial charge in [-0.15, -0.1) is 0 Å². The van der Waals surface area contributed by atoms with Crippen molar-refractivity contribution in [1.29, 1.82) is 0 Å². The van der Waals surface area contributed by atoms with Crippen LogP contribution in [0, 0.1) is 0 Å². The number of H-pyrrole nitrogens is 1. The van der Waals surface area contributed by atoms with Crippen molar-refractivity contribution >= 4 is 5.71 Å². The fourth-order valence-electron chi connectivity index (χ4n) is 1.27. The van der Waals surface area contributed by atoms with Gasteiger partial charge in [-0.1, -0.05) is 6.08 Å². The maximum atomic E-state index is 4.35. The van der Waals surface area contributed by atoms with Crippen LogP contribution in [0.4, 0.5) is 0 Å². The smallest absolute Gasteiger partial charge is 0.0839 e. The Morgan fingerprint density at radius 2 is 2.45 bits per heavy atom. The molecule has 1 aromatic heterocycles. The molecule has 56 valence electrons. The van der Waals surface area contributed by atoms with Crippen LogP contribution in [0.2, 0.25) is 0 Å². The zero-order valence-corrected chi connectivity index (χ0v) is 6.46. The molecule has 1 aliphatic heterocycles. The summed E-state index contributed by atoms with van der Waals surface area (Å²) in [7, 11) is 0. The van der Waals surface area contributed by atoms with Gasteiger partial charge in [-0.2, -0.15) is 0 Å². The Kier molecular flexibility index (Phi) is 1.39. The molecule has 2 nitrogen and oxygen atoms in total. The Balaban J connectivity index is 2.38. The molecule has 0 aromatic carbocycles. The molecular weight excluding hydrogens is 136 g/mol. The Morgan fingerprint density at radius 1 is 1.55 bits per heavy atom. The predicted octanol–water partition coefficient (Wildman–Crippen LogP) is 1.76. The van der Waals surface area contributed by atoms with Crippen LogP contribution in [-0.4, -0.2) is 17.2 Å². The molecule has 2 heterocycles. The summed E-state index contributed by atoms with van der Waals surface area (Å²) in [5.74, 6) is 0. The lowest BCUT2D eigenvalue weighted by Gasteiger charge is -1.96. The van der Waals surface area contributed by atoms with E-state index in [0.29, 0.717) is 0 Å². The number of hydrogen-bond acceptors (Lipinski definition) is 1. The van der Waals surface area contributed by atoms with Gasteiger partial charge in [-0.3, -0.25) is 4.99 Å². The minimum absolute atomic E-state index is 0.834. The highest BCUT2D eigenvalue weighted by molar-refractivity contribution is 6.12. The first kappa shape index (κ1) is 6.40. The Labute approximate surface area is 65.7 Å². The number of allylic oxidation sites excluding steroid dienone is 1. The monoisotopic (exact) mass is 146 g/mol. The SMILES string of the molecule is CC1=CCN=C1c1ccc[nH]1. The van der Waals surface area contributed by atoms with E-state index in [2.05, 4.69) is 23.0 Å². The van der Waals surface area contributed by atoms with E-state index in [4.69, 9.17) is 0 Å². The summed E-state index contributed by atoms with van der Waals surface area (Å²) < 4.78 is 0. The van der Waals surface area contributed by atoms with Crippen LogP contribution in [-0.2, 0) is 0 Å². The number of nitrogens with one attached hydrogen (secondary N) is 1. The second kappa shape index (κ2) is 2.38. The van der Waals surface area contributed by atoms with Gasteiger partial charge < -0.3 is 4.98 Å². The average molecular weight is 146 g/mol. The lowest BCUT2D eigenvalue weighted by Crippen LogP contribution is -1.98. The molecule has 1 N–H and O–H groups in total. The van der Waals surface area contributed by atoms with E-state index < -0.39 is 0 Å². The van der Waals surface area contributed by atoms with Gasteiger partial charge in [0.2, 0.25) is 0 Å². The van der Waals surface area contributed by atoms with Crippen molar-refractivity contribution < 1.29 is 0 Å². The molecular formula is C9H10N2. The van der Waals surface area contributed by atoms with Crippen LogP contribution in [0.1, 0.15) is 12.6 Å². The van der Waals surface area contributed by atoms with Crippen LogP contribution in [0.25, 0.3) is 0 Å². The fourth-order valence-corrected chi connectivity index (χ4v) is 1.27. The van der Waals surface area contributed by atoms with Crippen LogP contribution in [0.3, 0.4) is 0 Å². The second-order valence-electron chi connectivity index (χ2n) is 2.66. The van der Waals surface area contributed by atoms with Crippen molar-refractivity contribution in [1.82, 2.24) is 4.98 Å². The molecule has 1 aliphatic rings. The van der Waals surface area contributed by atoms with Crippen molar-refractivity contribution in [3.05, 3.63) is 35.7 Å². The molecule has 2 rings (SSSR count). The highest BCUT2D eigenvalue weighted by Gasteiger charge is 2.09. The van der Waals surface area contributed by atoms with E-state index in [1.807, 2.05) is 18.3 Å². The zero-order chi connectivity index (χ0) is 7.68. The van der Waals surface area contributed by atoms with E-state index in [-0.39, 0.29) is 0 Å². The van der Waals surface area contributed by atoms with Gasteiger partial charge in [-0.25, -0.2) is 0 Å². The summed E-state index contributed by atoms with van der Waals surface area (Å²) in [4.78, 5) is 7.49. The van der Waals surface area contributed by atoms with Crippen LogP contribution in [0.15, 0.2) is 35.0 Å². The van der Waals surface area contributed by atoms with Crippen LogP contribution < -0.4 is 0 Å². The summed E-state index contributed by atoms with van der Waals surface area (Å²) in [6.45, 7) is 2.92. The van der Waals surface area contributed by atoms with E-state index in [1.54, 1.807) is 0 Å². The molecule has 0 unspecified atom stereocenters. The van der Waals surface area contributed by atoms with Crippen LogP contribution in [0.5, 0.6) is 0 Å². The summed E-state index contributed by atoms with van der Waals surface area (Å²) in [6, 6.07) is 4.03. The van der Waals surface area contributed by atoms with Gasteiger partial charge in [0.05, 0.1) is 18.0 Å². The lowest BCUT2D eigenvalue weighted by atomic mass is 10.1. The number of aromatic nitrogens is 1. The molecule has 2 heteroatoms. The van der Waals surface area contributed by atoms with E-state index >= 15 is 0 Å². The highest BCUT2D eigenvalue weighted by Crippen LogP contribution is 2.11. The Bertz CT molecular complexity index is 304. The second-order valence-corrected chi connectivity index (χ2v) is 2.66. The highest BCUT2D eigenvalue weighted by atomic mass is 14.8. The summed E-state index contributed by atoms with van der Waals surface area (Å²) >= 11 is 0. The zero-order valence-electron chi connectivity index (χ0n) is 6.46. The van der Waals surface area contributed by atoms with Crippen molar-refractivity contribution in [3.8, 4) is 0 Å². The standard InChI is InChI=1S/C9H10N2/c1-7-4-6-11-9(7)8-3-2-5-10-8/h2-5,10H,6H2,1H3. The first-order valence-corrected chi connectivity index (χ1v) is 3.73. The fraction of sp³-hybridized carbons (Fsp3) is 0.222. The third kappa shape index (κ3) is 1.00. The van der Waals surface area contributed by atoms with Crippen LogP contribution >= 0.6 is 0 Å². The molecule has 0 spiro atoms. The van der Waals surface area contributed by atoms with Gasteiger partial charge >= 0.3 is 0 Å². The minimum Gasteiger partial charge on any atom is -0.360 e. The Hall–Kier alpha value is -1.31. The molecule has 0 saturated heterocycles. The Morgan fingerprint density at radius 3 is 3.00 bits per heavy atom. The quantitative estimate of drug-likeness (QED) is 0.625. The minimum atomic E-state index is 0.834. The predicted molar refractivity (Wildman–Crippen MR) is 46.0 cm³/mol. The third-order valence-electron chi connectivity index (χ3n) is 1.87. The first-order chi connectivity index (χ1) is 5.38. The summed E-state index contributed by atoms with van der Waals surface area (Å²) in [5, 5.41) is 0. The van der Waals surface area contributed by atoms with Crippen molar-refractivity contribution in [2.75, 3.05) is 6.54 Å². The van der Waals surface area contributed by atoms with Gasteiger partial charge in [0.1, 0.15) is 0 Å². The number of rotatable bonds is 1. The molecule has 0 atom stereocenters. The average Bonchev–Trinajstić information content (AvgIpc) is 2.55. The van der Waals surface area contributed by atoms with Crippen molar-refractivity contribution in [2.24, 2.45) is 4.99 Å². The topological polar surface area (TPSA) is 28.1 Å². The summed E-state index contributed by atoms with van der Waals surface area (Å²) in [6.07, 6.45) is 4.06. The number of hydrogen-bond donors (Lipinski definition) is 1. The van der Waals surface area contributed by atoms with Gasteiger partial charge in [-0.05, 0) is 24.6 Å². The molecule has 0 saturated carbocycles. The largest absolute Gasteiger partial charge is 0.360 e. The maximum Gasteiger partial charge on any atom is 0.0839 e. The third-order valence-corrected chi connectivity index (χ3v) is 1.87. The molecule has 0 bridgehead atoms. The molecule has 0 radical (unpaired) electrons. The number of aromatic amines is 1.